The smallest absolute Gasteiger partial charge is 0.129 e. The van der Waals surface area contributed by atoms with Gasteiger partial charge in [-0.3, -0.25) is 0 Å². The normalized spacial score (nSPS) is 12.9. The maximum atomic E-state index is 9.46. The van der Waals surface area contributed by atoms with Crippen molar-refractivity contribution in [3.63, 3.8) is 0 Å². The second-order valence-electron chi connectivity index (χ2n) is 2.69. The van der Waals surface area contributed by atoms with Crippen molar-refractivity contribution in [3.05, 3.63) is 23.8 Å². The maximum Gasteiger partial charge on any atom is 0.129 e. The van der Waals surface area contributed by atoms with Crippen LogP contribution < -0.4 is 5.73 Å². The lowest BCUT2D eigenvalue weighted by Gasteiger charge is -2.11. The maximum absolute atomic E-state index is 9.46. The Balaban J connectivity index is 3.18. The molecule has 0 aliphatic heterocycles. The van der Waals surface area contributed by atoms with Gasteiger partial charge >= 0.3 is 0 Å². The Labute approximate surface area is 76.8 Å². The molecule has 0 saturated carbocycles. The fraction of sp³-hybridized carbons (Fsp3) is 0.333. The van der Waals surface area contributed by atoms with Crippen molar-refractivity contribution in [2.75, 3.05) is 6.26 Å². The molecule has 0 bridgehead atoms. The second kappa shape index (κ2) is 3.83. The van der Waals surface area contributed by atoms with E-state index in [0.717, 1.165) is 10.5 Å². The Kier molecular flexibility index (Phi) is 3.00. The van der Waals surface area contributed by atoms with Crippen molar-refractivity contribution in [1.82, 2.24) is 0 Å². The van der Waals surface area contributed by atoms with E-state index >= 15 is 0 Å². The number of aromatic hydroxyl groups is 1. The molecule has 3 heteroatoms. The minimum absolute atomic E-state index is 0.0282. The van der Waals surface area contributed by atoms with Crippen molar-refractivity contribution in [2.24, 2.45) is 5.73 Å². The highest BCUT2D eigenvalue weighted by Gasteiger charge is 2.08. The molecular formula is C9H13NOS. The molecule has 0 spiro atoms. The summed E-state index contributed by atoms with van der Waals surface area (Å²) in [6.45, 7) is 1.91. The van der Waals surface area contributed by atoms with Gasteiger partial charge in [-0.25, -0.2) is 0 Å². The lowest BCUT2D eigenvalue weighted by Crippen LogP contribution is -2.06. The van der Waals surface area contributed by atoms with Crippen LogP contribution in [0.25, 0.3) is 0 Å². The molecule has 1 atom stereocenters. The fourth-order valence-corrected chi connectivity index (χ4v) is 1.89. The summed E-state index contributed by atoms with van der Waals surface area (Å²) in [5, 5.41) is 9.46. The monoisotopic (exact) mass is 183 g/mol. The molecule has 1 rings (SSSR count). The summed E-state index contributed by atoms with van der Waals surface area (Å²) in [6, 6.07) is 5.40. The van der Waals surface area contributed by atoms with Gasteiger partial charge in [-0.1, -0.05) is 12.1 Å². The number of hydrogen-bond acceptors (Lipinski definition) is 3. The molecule has 0 heterocycles. The summed E-state index contributed by atoms with van der Waals surface area (Å²) in [4.78, 5) is 0.882. The summed E-state index contributed by atoms with van der Waals surface area (Å²) in [5.41, 5.74) is 6.74. The minimum atomic E-state index is -0.0282. The largest absolute Gasteiger partial charge is 0.507 e. The summed E-state index contributed by atoms with van der Waals surface area (Å²) in [6.07, 6.45) is 1.93. The molecule has 0 radical (unpaired) electrons. The van der Waals surface area contributed by atoms with Crippen LogP contribution in [0.1, 0.15) is 18.5 Å². The van der Waals surface area contributed by atoms with Crippen LogP contribution in [0.15, 0.2) is 23.1 Å². The van der Waals surface area contributed by atoms with Crippen LogP contribution in [0.3, 0.4) is 0 Å². The van der Waals surface area contributed by atoms with Gasteiger partial charge in [0.05, 0.1) is 4.90 Å². The zero-order chi connectivity index (χ0) is 9.14. The van der Waals surface area contributed by atoms with Gasteiger partial charge < -0.3 is 10.8 Å². The van der Waals surface area contributed by atoms with Gasteiger partial charge in [0.2, 0.25) is 0 Å². The number of rotatable bonds is 2. The Bertz CT molecular complexity index is 273. The quantitative estimate of drug-likeness (QED) is 0.690. The molecule has 3 N–H and O–H groups in total. The van der Waals surface area contributed by atoms with Crippen molar-refractivity contribution in [2.45, 2.75) is 17.9 Å². The van der Waals surface area contributed by atoms with Crippen LogP contribution in [0, 0.1) is 0 Å². The second-order valence-corrected chi connectivity index (χ2v) is 3.50. The van der Waals surface area contributed by atoms with Gasteiger partial charge in [-0.15, -0.1) is 11.8 Å². The number of nitrogens with two attached hydrogens (primary N) is 1. The first-order valence-corrected chi connectivity index (χ1v) is 5.00. The predicted octanol–water partition coefficient (Wildman–Crippen LogP) is 2.13. The number of thioether (sulfide) groups is 1. The van der Waals surface area contributed by atoms with Gasteiger partial charge in [-0.05, 0) is 24.8 Å². The van der Waals surface area contributed by atoms with Crippen LogP contribution >= 0.6 is 11.8 Å². The minimum Gasteiger partial charge on any atom is -0.507 e. The molecular weight excluding hydrogens is 170 g/mol. The van der Waals surface area contributed by atoms with E-state index in [1.165, 1.54) is 11.8 Å². The zero-order valence-corrected chi connectivity index (χ0v) is 8.06. The van der Waals surface area contributed by atoms with Gasteiger partial charge in [0, 0.05) is 6.04 Å². The highest BCUT2D eigenvalue weighted by Crippen LogP contribution is 2.32. The molecule has 1 aromatic rings. The third kappa shape index (κ3) is 1.73. The highest BCUT2D eigenvalue weighted by atomic mass is 32.2. The van der Waals surface area contributed by atoms with E-state index < -0.39 is 0 Å². The Morgan fingerprint density at radius 2 is 2.17 bits per heavy atom. The first-order chi connectivity index (χ1) is 5.66. The first-order valence-electron chi connectivity index (χ1n) is 3.78. The lowest BCUT2D eigenvalue weighted by molar-refractivity contribution is 0.459. The topological polar surface area (TPSA) is 46.2 Å². The van der Waals surface area contributed by atoms with Crippen molar-refractivity contribution < 1.29 is 5.11 Å². The molecule has 12 heavy (non-hydrogen) atoms. The van der Waals surface area contributed by atoms with Crippen molar-refractivity contribution in [1.29, 1.82) is 0 Å². The number of benzene rings is 1. The summed E-state index contributed by atoms with van der Waals surface area (Å²) < 4.78 is 0. The van der Waals surface area contributed by atoms with Crippen LogP contribution in [-0.2, 0) is 0 Å². The van der Waals surface area contributed by atoms with Crippen LogP contribution in [-0.4, -0.2) is 11.4 Å². The molecule has 2 nitrogen and oxygen atoms in total. The van der Waals surface area contributed by atoms with Gasteiger partial charge in [0.1, 0.15) is 5.75 Å². The Morgan fingerprint density at radius 1 is 1.50 bits per heavy atom. The number of phenols is 1. The molecule has 0 aromatic heterocycles. The standard InChI is InChI=1S/C9H13NOS/c1-6(10)7-4-3-5-8(11)9(7)12-2/h3-6,11H,10H2,1-2H3. The number of phenolic OH excluding ortho intramolecular Hbond substituents is 1. The van der Waals surface area contributed by atoms with Gasteiger partial charge in [0.25, 0.3) is 0 Å². The Hall–Kier alpha value is -0.670. The molecule has 66 valence electrons. The molecule has 0 amide bonds. The van der Waals surface area contributed by atoms with Crippen molar-refractivity contribution >= 4 is 11.8 Å². The first kappa shape index (κ1) is 9.42. The van der Waals surface area contributed by atoms with Crippen LogP contribution in [0.4, 0.5) is 0 Å². The average molecular weight is 183 g/mol. The SMILES string of the molecule is CSc1c(O)cccc1C(C)N. The van der Waals surface area contributed by atoms with E-state index in [9.17, 15) is 5.11 Å². The van der Waals surface area contributed by atoms with Gasteiger partial charge in [0.15, 0.2) is 0 Å². The highest BCUT2D eigenvalue weighted by molar-refractivity contribution is 7.98. The van der Waals surface area contributed by atoms with Crippen molar-refractivity contribution in [3.8, 4) is 5.75 Å². The average Bonchev–Trinajstić information content (AvgIpc) is 2.03. The molecule has 0 saturated heterocycles. The van der Waals surface area contributed by atoms with E-state index in [1.807, 2.05) is 25.3 Å². The van der Waals surface area contributed by atoms with Gasteiger partial charge in [-0.2, -0.15) is 0 Å². The molecule has 0 aliphatic carbocycles. The summed E-state index contributed by atoms with van der Waals surface area (Å²) >= 11 is 1.52. The Morgan fingerprint density at radius 3 is 2.58 bits per heavy atom. The summed E-state index contributed by atoms with van der Waals surface area (Å²) in [7, 11) is 0. The van der Waals surface area contributed by atoms with E-state index in [-0.39, 0.29) is 6.04 Å². The van der Waals surface area contributed by atoms with E-state index in [4.69, 9.17) is 5.73 Å². The predicted molar refractivity (Wildman–Crippen MR) is 52.5 cm³/mol. The number of hydrogen-bond donors (Lipinski definition) is 2. The third-order valence-electron chi connectivity index (χ3n) is 1.72. The molecule has 0 fully saturated rings. The van der Waals surface area contributed by atoms with E-state index in [1.54, 1.807) is 6.07 Å². The molecule has 1 unspecified atom stereocenters. The summed E-state index contributed by atoms with van der Waals surface area (Å²) in [5.74, 6) is 0.317. The van der Waals surface area contributed by atoms with Crippen LogP contribution in [0.5, 0.6) is 5.75 Å². The zero-order valence-electron chi connectivity index (χ0n) is 7.24. The fourth-order valence-electron chi connectivity index (χ4n) is 1.12. The molecule has 1 aromatic carbocycles. The third-order valence-corrected chi connectivity index (χ3v) is 2.57. The van der Waals surface area contributed by atoms with Crippen LogP contribution in [0.2, 0.25) is 0 Å². The van der Waals surface area contributed by atoms with E-state index in [2.05, 4.69) is 0 Å². The van der Waals surface area contributed by atoms with E-state index in [0.29, 0.717) is 5.75 Å². The lowest BCUT2D eigenvalue weighted by atomic mass is 10.1. The molecule has 0 aliphatic rings.